The molecular weight excluding hydrogens is 216 g/mol. The van der Waals surface area contributed by atoms with E-state index in [1.165, 1.54) is 0 Å². The van der Waals surface area contributed by atoms with Gasteiger partial charge < -0.3 is 15.8 Å². The van der Waals surface area contributed by atoms with Gasteiger partial charge in [0.2, 0.25) is 5.91 Å². The first-order valence-electron chi connectivity index (χ1n) is 4.92. The summed E-state index contributed by atoms with van der Waals surface area (Å²) in [5, 5.41) is 2.78. The maximum absolute atomic E-state index is 11.5. The topological polar surface area (TPSA) is 64.3 Å². The molecule has 0 saturated carbocycles. The molecule has 4 nitrogen and oxygen atoms in total. The molecule has 0 aromatic rings. The van der Waals surface area contributed by atoms with E-state index in [-0.39, 0.29) is 23.7 Å². The third-order valence-electron chi connectivity index (χ3n) is 2.04. The minimum absolute atomic E-state index is 0. The Kier molecular flexibility index (Phi) is 9.01. The van der Waals surface area contributed by atoms with E-state index in [4.69, 9.17) is 10.5 Å². The molecule has 0 aliphatic rings. The van der Waals surface area contributed by atoms with E-state index in [1.54, 1.807) is 7.11 Å². The third kappa shape index (κ3) is 7.59. The van der Waals surface area contributed by atoms with Crippen molar-refractivity contribution < 1.29 is 9.53 Å². The Balaban J connectivity index is 0. The van der Waals surface area contributed by atoms with Gasteiger partial charge in [-0.1, -0.05) is 20.8 Å². The minimum atomic E-state index is -0.454. The van der Waals surface area contributed by atoms with Crippen LogP contribution < -0.4 is 11.1 Å². The number of halogens is 1. The smallest absolute Gasteiger partial charge is 0.237 e. The van der Waals surface area contributed by atoms with Crippen molar-refractivity contribution in [1.82, 2.24) is 5.32 Å². The molecule has 3 N–H and O–H groups in total. The summed E-state index contributed by atoms with van der Waals surface area (Å²) in [7, 11) is 1.64. The van der Waals surface area contributed by atoms with Crippen molar-refractivity contribution in [1.29, 1.82) is 0 Å². The van der Waals surface area contributed by atoms with Gasteiger partial charge in [0.1, 0.15) is 0 Å². The molecule has 92 valence electrons. The number of ether oxygens (including phenoxy) is 1. The van der Waals surface area contributed by atoms with Crippen molar-refractivity contribution in [2.24, 2.45) is 11.1 Å². The molecule has 15 heavy (non-hydrogen) atoms. The fourth-order valence-corrected chi connectivity index (χ4v) is 0.931. The lowest BCUT2D eigenvalue weighted by Crippen LogP contribution is -2.48. The van der Waals surface area contributed by atoms with Crippen LogP contribution in [0.2, 0.25) is 0 Å². The lowest BCUT2D eigenvalue weighted by Gasteiger charge is -2.25. The van der Waals surface area contributed by atoms with Gasteiger partial charge in [-0.15, -0.1) is 12.4 Å². The maximum atomic E-state index is 11.5. The predicted octanol–water partition coefficient (Wildman–Crippen LogP) is 0.934. The SMILES string of the molecule is COCCCNC(=O)[C@@H](N)C(C)(C)C.Cl. The Hall–Kier alpha value is -0.320. The van der Waals surface area contributed by atoms with Crippen molar-refractivity contribution in [2.75, 3.05) is 20.3 Å². The Labute approximate surface area is 98.3 Å². The van der Waals surface area contributed by atoms with Gasteiger partial charge >= 0.3 is 0 Å². The van der Waals surface area contributed by atoms with Gasteiger partial charge in [0.05, 0.1) is 6.04 Å². The number of carbonyl (C=O) groups is 1. The van der Waals surface area contributed by atoms with E-state index in [9.17, 15) is 4.79 Å². The van der Waals surface area contributed by atoms with Gasteiger partial charge in [0.15, 0.2) is 0 Å². The molecule has 5 heteroatoms. The molecule has 0 saturated heterocycles. The van der Waals surface area contributed by atoms with E-state index in [1.807, 2.05) is 20.8 Å². The van der Waals surface area contributed by atoms with Crippen molar-refractivity contribution in [3.8, 4) is 0 Å². The number of carbonyl (C=O) groups excluding carboxylic acids is 1. The minimum Gasteiger partial charge on any atom is -0.385 e. The van der Waals surface area contributed by atoms with Crippen LogP contribution in [0.25, 0.3) is 0 Å². The molecule has 0 aromatic carbocycles. The second-order valence-corrected chi connectivity index (χ2v) is 4.48. The second kappa shape index (κ2) is 7.91. The summed E-state index contributed by atoms with van der Waals surface area (Å²) < 4.78 is 4.87. The molecule has 0 aliphatic carbocycles. The lowest BCUT2D eigenvalue weighted by atomic mass is 9.87. The van der Waals surface area contributed by atoms with Crippen LogP contribution in [0, 0.1) is 5.41 Å². The molecule has 0 spiro atoms. The quantitative estimate of drug-likeness (QED) is 0.701. The molecule has 0 rings (SSSR count). The highest BCUT2D eigenvalue weighted by molar-refractivity contribution is 5.85. The number of amides is 1. The zero-order valence-corrected chi connectivity index (χ0v) is 10.8. The normalized spacial score (nSPS) is 12.9. The largest absolute Gasteiger partial charge is 0.385 e. The van der Waals surface area contributed by atoms with E-state index in [2.05, 4.69) is 5.32 Å². The van der Waals surface area contributed by atoms with Crippen LogP contribution in [-0.2, 0) is 9.53 Å². The molecule has 1 atom stereocenters. The lowest BCUT2D eigenvalue weighted by molar-refractivity contribution is -0.124. The number of nitrogens with two attached hydrogens (primary N) is 1. The Morgan fingerprint density at radius 3 is 2.40 bits per heavy atom. The number of hydrogen-bond donors (Lipinski definition) is 2. The summed E-state index contributed by atoms with van der Waals surface area (Å²) in [4.78, 5) is 11.5. The summed E-state index contributed by atoms with van der Waals surface area (Å²) in [6.45, 7) is 7.13. The standard InChI is InChI=1S/C10H22N2O2.ClH/c1-10(2,3)8(11)9(13)12-6-5-7-14-4;/h8H,5-7,11H2,1-4H3,(H,12,13);1H/t8-;/m1./s1. The van der Waals surface area contributed by atoms with Crippen molar-refractivity contribution in [3.05, 3.63) is 0 Å². The molecule has 0 heterocycles. The molecule has 0 unspecified atom stereocenters. The van der Waals surface area contributed by atoms with Crippen LogP contribution in [0.3, 0.4) is 0 Å². The van der Waals surface area contributed by atoms with Crippen molar-refractivity contribution in [3.63, 3.8) is 0 Å². The number of methoxy groups -OCH3 is 1. The number of hydrogen-bond acceptors (Lipinski definition) is 3. The fraction of sp³-hybridized carbons (Fsp3) is 0.900. The number of rotatable bonds is 5. The highest BCUT2D eigenvalue weighted by Crippen LogP contribution is 2.16. The van der Waals surface area contributed by atoms with Crippen LogP contribution in [0.15, 0.2) is 0 Å². The van der Waals surface area contributed by atoms with Gasteiger partial charge in [-0.05, 0) is 11.8 Å². The molecule has 0 bridgehead atoms. The average Bonchev–Trinajstić information content (AvgIpc) is 2.09. The monoisotopic (exact) mass is 238 g/mol. The zero-order chi connectivity index (χ0) is 11.2. The predicted molar refractivity (Wildman–Crippen MR) is 64.2 cm³/mol. The van der Waals surface area contributed by atoms with Crippen LogP contribution in [-0.4, -0.2) is 32.2 Å². The van der Waals surface area contributed by atoms with Crippen LogP contribution in [0.5, 0.6) is 0 Å². The Morgan fingerprint density at radius 2 is 2.00 bits per heavy atom. The summed E-state index contributed by atoms with van der Waals surface area (Å²) in [6, 6.07) is -0.454. The van der Waals surface area contributed by atoms with E-state index < -0.39 is 6.04 Å². The molecular formula is C10H23ClN2O2. The first-order valence-corrected chi connectivity index (χ1v) is 4.92. The maximum Gasteiger partial charge on any atom is 0.237 e. The van der Waals surface area contributed by atoms with Crippen LogP contribution in [0.1, 0.15) is 27.2 Å². The molecule has 0 aromatic heterocycles. The first-order chi connectivity index (χ1) is 6.39. The van der Waals surface area contributed by atoms with Crippen LogP contribution in [0.4, 0.5) is 0 Å². The van der Waals surface area contributed by atoms with Gasteiger partial charge in [0.25, 0.3) is 0 Å². The van der Waals surface area contributed by atoms with Gasteiger partial charge in [0, 0.05) is 20.3 Å². The van der Waals surface area contributed by atoms with Crippen LogP contribution >= 0.6 is 12.4 Å². The number of nitrogens with one attached hydrogen (secondary N) is 1. The summed E-state index contributed by atoms with van der Waals surface area (Å²) in [5.41, 5.74) is 5.58. The van der Waals surface area contributed by atoms with E-state index in [0.717, 1.165) is 6.42 Å². The molecule has 0 aliphatic heterocycles. The molecule has 0 radical (unpaired) electrons. The highest BCUT2D eigenvalue weighted by Gasteiger charge is 2.26. The summed E-state index contributed by atoms with van der Waals surface area (Å²) in [5.74, 6) is -0.0893. The van der Waals surface area contributed by atoms with Gasteiger partial charge in [-0.2, -0.15) is 0 Å². The Morgan fingerprint density at radius 1 is 1.47 bits per heavy atom. The molecule has 0 fully saturated rings. The van der Waals surface area contributed by atoms with Gasteiger partial charge in [-0.3, -0.25) is 4.79 Å². The zero-order valence-electron chi connectivity index (χ0n) is 10.0. The van der Waals surface area contributed by atoms with E-state index >= 15 is 0 Å². The average molecular weight is 239 g/mol. The Bertz CT molecular complexity index is 181. The third-order valence-corrected chi connectivity index (χ3v) is 2.04. The van der Waals surface area contributed by atoms with Crippen molar-refractivity contribution >= 4 is 18.3 Å². The fourth-order valence-electron chi connectivity index (χ4n) is 0.931. The first kappa shape index (κ1) is 17.1. The molecule has 1 amide bonds. The van der Waals surface area contributed by atoms with E-state index in [0.29, 0.717) is 13.2 Å². The summed E-state index contributed by atoms with van der Waals surface area (Å²) in [6.07, 6.45) is 0.819. The highest BCUT2D eigenvalue weighted by atomic mass is 35.5. The summed E-state index contributed by atoms with van der Waals surface area (Å²) >= 11 is 0. The van der Waals surface area contributed by atoms with Gasteiger partial charge in [-0.25, -0.2) is 0 Å². The van der Waals surface area contributed by atoms with Crippen molar-refractivity contribution in [2.45, 2.75) is 33.2 Å². The second-order valence-electron chi connectivity index (χ2n) is 4.48.